The van der Waals surface area contributed by atoms with Gasteiger partial charge in [0.2, 0.25) is 0 Å². The van der Waals surface area contributed by atoms with Crippen LogP contribution >= 0.6 is 0 Å². The number of phenols is 1. The molecule has 4 N–H and O–H groups in total. The molecule has 0 saturated heterocycles. The van der Waals surface area contributed by atoms with E-state index in [2.05, 4.69) is 15.6 Å². The highest BCUT2D eigenvalue weighted by Gasteiger charge is 2.16. The highest BCUT2D eigenvalue weighted by atomic mass is 32.2. The molecule has 0 spiro atoms. The van der Waals surface area contributed by atoms with Gasteiger partial charge in [0.15, 0.2) is 0 Å². The summed E-state index contributed by atoms with van der Waals surface area (Å²) in [4.78, 5) is 24.3. The van der Waals surface area contributed by atoms with Crippen LogP contribution in [0.1, 0.15) is 31.8 Å². The number of carbonyl (C=O) groups excluding carboxylic acids is 2. The first-order valence-electron chi connectivity index (χ1n) is 9.26. The highest BCUT2D eigenvalue weighted by molar-refractivity contribution is 7.92. The van der Waals surface area contributed by atoms with Crippen LogP contribution in [0.15, 0.2) is 71.6 Å². The molecule has 0 bridgehead atoms. The van der Waals surface area contributed by atoms with E-state index in [0.717, 1.165) is 11.1 Å². The molecule has 0 atom stereocenters. The van der Waals surface area contributed by atoms with E-state index in [4.69, 9.17) is 0 Å². The number of phenolic OH excluding ortho intramolecular Hbond substituents is 1. The van der Waals surface area contributed by atoms with Gasteiger partial charge in [-0.2, -0.15) is 0 Å². The maximum atomic E-state index is 12.6. The first-order chi connectivity index (χ1) is 14.7. The fourth-order valence-electron chi connectivity index (χ4n) is 2.72. The summed E-state index contributed by atoms with van der Waals surface area (Å²) in [7, 11) is -3.83. The van der Waals surface area contributed by atoms with Gasteiger partial charge >= 0.3 is 0 Å². The first kappa shape index (κ1) is 21.8. The SMILES string of the molecule is Cc1ccc(NS(=O)(=O)c2ccc(C(=O)NNC(=O)c3ccccc3O)cc2)cc1C. The van der Waals surface area contributed by atoms with Crippen molar-refractivity contribution in [1.82, 2.24) is 10.9 Å². The second kappa shape index (κ2) is 8.88. The monoisotopic (exact) mass is 439 g/mol. The minimum Gasteiger partial charge on any atom is -0.507 e. The van der Waals surface area contributed by atoms with E-state index >= 15 is 0 Å². The Hall–Kier alpha value is -3.85. The minimum atomic E-state index is -3.83. The zero-order valence-electron chi connectivity index (χ0n) is 16.8. The summed E-state index contributed by atoms with van der Waals surface area (Å²) >= 11 is 0. The van der Waals surface area contributed by atoms with Crippen LogP contribution in [-0.4, -0.2) is 25.3 Å². The smallest absolute Gasteiger partial charge is 0.273 e. The number of hydrogen-bond donors (Lipinski definition) is 4. The number of carbonyl (C=O) groups is 2. The molecule has 0 radical (unpaired) electrons. The molecule has 160 valence electrons. The van der Waals surface area contributed by atoms with E-state index in [-0.39, 0.29) is 21.8 Å². The normalized spacial score (nSPS) is 10.9. The lowest BCUT2D eigenvalue weighted by Gasteiger charge is -2.11. The van der Waals surface area contributed by atoms with E-state index in [1.54, 1.807) is 24.3 Å². The number of rotatable bonds is 5. The number of aromatic hydroxyl groups is 1. The number of benzene rings is 3. The molecule has 0 aliphatic rings. The zero-order chi connectivity index (χ0) is 22.6. The third-order valence-electron chi connectivity index (χ3n) is 4.62. The van der Waals surface area contributed by atoms with E-state index in [9.17, 15) is 23.1 Å². The van der Waals surface area contributed by atoms with Crippen LogP contribution in [0.25, 0.3) is 0 Å². The van der Waals surface area contributed by atoms with Crippen molar-refractivity contribution in [3.05, 3.63) is 89.0 Å². The van der Waals surface area contributed by atoms with Crippen LogP contribution in [0.5, 0.6) is 5.75 Å². The van der Waals surface area contributed by atoms with Gasteiger partial charge < -0.3 is 5.11 Å². The summed E-state index contributed by atoms with van der Waals surface area (Å²) in [6.45, 7) is 3.82. The molecule has 3 aromatic carbocycles. The summed E-state index contributed by atoms with van der Waals surface area (Å²) in [6, 6.07) is 16.4. The summed E-state index contributed by atoms with van der Waals surface area (Å²) in [6.07, 6.45) is 0. The molecule has 0 fully saturated rings. The number of anilines is 1. The number of aryl methyl sites for hydroxylation is 2. The molecule has 0 aliphatic carbocycles. The highest BCUT2D eigenvalue weighted by Crippen LogP contribution is 2.19. The predicted octanol–water partition coefficient (Wildman–Crippen LogP) is 2.88. The van der Waals surface area contributed by atoms with Gasteiger partial charge in [-0.25, -0.2) is 8.42 Å². The van der Waals surface area contributed by atoms with Crippen LogP contribution in [0.2, 0.25) is 0 Å². The quantitative estimate of drug-likeness (QED) is 0.455. The summed E-state index contributed by atoms with van der Waals surface area (Å²) in [5.41, 5.74) is 7.01. The molecule has 9 heteroatoms. The Morgan fingerprint density at radius 3 is 2.10 bits per heavy atom. The largest absolute Gasteiger partial charge is 0.507 e. The van der Waals surface area contributed by atoms with Crippen LogP contribution in [0.3, 0.4) is 0 Å². The Morgan fingerprint density at radius 2 is 1.45 bits per heavy atom. The maximum Gasteiger partial charge on any atom is 0.273 e. The third-order valence-corrected chi connectivity index (χ3v) is 6.02. The van der Waals surface area contributed by atoms with Crippen LogP contribution in [0.4, 0.5) is 5.69 Å². The topological polar surface area (TPSA) is 125 Å². The first-order valence-corrected chi connectivity index (χ1v) is 10.7. The number of amides is 2. The van der Waals surface area contributed by atoms with Crippen LogP contribution in [-0.2, 0) is 10.0 Å². The molecule has 3 aromatic rings. The van der Waals surface area contributed by atoms with Crippen molar-refractivity contribution in [3.8, 4) is 5.75 Å². The number of sulfonamides is 1. The number of hydrogen-bond acceptors (Lipinski definition) is 5. The van der Waals surface area contributed by atoms with Crippen molar-refractivity contribution < 1.29 is 23.1 Å². The van der Waals surface area contributed by atoms with E-state index in [0.29, 0.717) is 5.69 Å². The Kier molecular flexibility index (Phi) is 6.26. The average molecular weight is 439 g/mol. The standard InChI is InChI=1S/C22H21N3O5S/c1-14-7-10-17(13-15(14)2)25-31(29,30)18-11-8-16(9-12-18)21(27)23-24-22(28)19-5-3-4-6-20(19)26/h3-13,25-26H,1-2H3,(H,23,27)(H,24,28). The lowest BCUT2D eigenvalue weighted by Crippen LogP contribution is -2.41. The Bertz CT molecular complexity index is 1240. The number of para-hydroxylation sites is 1. The van der Waals surface area contributed by atoms with Gasteiger partial charge in [0, 0.05) is 11.3 Å². The Labute approximate surface area is 180 Å². The molecule has 0 aliphatic heterocycles. The number of nitrogens with one attached hydrogen (secondary N) is 3. The molecular weight excluding hydrogens is 418 g/mol. The van der Waals surface area contributed by atoms with Gasteiger partial charge in [-0.15, -0.1) is 0 Å². The second-order valence-electron chi connectivity index (χ2n) is 6.85. The van der Waals surface area contributed by atoms with Gasteiger partial charge in [0.05, 0.1) is 10.5 Å². The molecule has 31 heavy (non-hydrogen) atoms. The average Bonchev–Trinajstić information content (AvgIpc) is 2.74. The molecular formula is C22H21N3O5S. The lowest BCUT2D eigenvalue weighted by atomic mass is 10.1. The van der Waals surface area contributed by atoms with Gasteiger partial charge in [-0.1, -0.05) is 18.2 Å². The fraction of sp³-hybridized carbons (Fsp3) is 0.0909. The van der Waals surface area contributed by atoms with Gasteiger partial charge in [-0.3, -0.25) is 25.2 Å². The molecule has 0 unspecified atom stereocenters. The van der Waals surface area contributed by atoms with Crippen molar-refractivity contribution in [2.75, 3.05) is 4.72 Å². The Balaban J connectivity index is 1.66. The molecule has 8 nitrogen and oxygen atoms in total. The molecule has 2 amide bonds. The second-order valence-corrected chi connectivity index (χ2v) is 8.54. The van der Waals surface area contributed by atoms with Crippen molar-refractivity contribution in [3.63, 3.8) is 0 Å². The number of hydrazine groups is 1. The van der Waals surface area contributed by atoms with Crippen LogP contribution in [0, 0.1) is 13.8 Å². The summed E-state index contributed by atoms with van der Waals surface area (Å²) in [5, 5.41) is 9.67. The molecule has 0 heterocycles. The third kappa shape index (κ3) is 5.20. The van der Waals surface area contributed by atoms with Gasteiger partial charge in [0.25, 0.3) is 21.8 Å². The Morgan fingerprint density at radius 1 is 0.806 bits per heavy atom. The van der Waals surface area contributed by atoms with Gasteiger partial charge in [0.1, 0.15) is 5.75 Å². The van der Waals surface area contributed by atoms with E-state index < -0.39 is 21.8 Å². The van der Waals surface area contributed by atoms with Crippen LogP contribution < -0.4 is 15.6 Å². The summed E-state index contributed by atoms with van der Waals surface area (Å²) < 4.78 is 27.7. The van der Waals surface area contributed by atoms with E-state index in [1.165, 1.54) is 36.4 Å². The van der Waals surface area contributed by atoms with Gasteiger partial charge in [-0.05, 0) is 73.5 Å². The lowest BCUT2D eigenvalue weighted by molar-refractivity contribution is 0.0845. The zero-order valence-corrected chi connectivity index (χ0v) is 17.7. The fourth-order valence-corrected chi connectivity index (χ4v) is 3.77. The van der Waals surface area contributed by atoms with Crippen molar-refractivity contribution in [2.45, 2.75) is 18.7 Å². The molecule has 0 aromatic heterocycles. The minimum absolute atomic E-state index is 0.00154. The predicted molar refractivity (Wildman–Crippen MR) is 116 cm³/mol. The van der Waals surface area contributed by atoms with Crippen molar-refractivity contribution in [1.29, 1.82) is 0 Å². The van der Waals surface area contributed by atoms with E-state index in [1.807, 2.05) is 19.9 Å². The molecule has 0 saturated carbocycles. The summed E-state index contributed by atoms with van der Waals surface area (Å²) in [5.74, 6) is -1.56. The van der Waals surface area contributed by atoms with Crippen molar-refractivity contribution in [2.24, 2.45) is 0 Å². The molecule has 3 rings (SSSR count). The maximum absolute atomic E-state index is 12.6. The van der Waals surface area contributed by atoms with Crippen molar-refractivity contribution >= 4 is 27.5 Å².